The minimum absolute atomic E-state index is 1.04. The minimum atomic E-state index is 1.04. The van der Waals surface area contributed by atoms with E-state index in [4.69, 9.17) is 0 Å². The summed E-state index contributed by atoms with van der Waals surface area (Å²) in [7, 11) is 0. The molecular weight excluding hydrogens is 220 g/mol. The van der Waals surface area contributed by atoms with Gasteiger partial charge < -0.3 is 0 Å². The standard InChI is InChI=1S/C16H18N2/c1-12-8-9-13(2)15(10-12)11-17-18-16-7-5-4-6-14(16)3/h4-11,18H,1-3H3/b17-11-. The van der Waals surface area contributed by atoms with E-state index in [9.17, 15) is 0 Å². The highest BCUT2D eigenvalue weighted by Gasteiger charge is 1.96. The maximum absolute atomic E-state index is 4.30. The molecule has 0 aliphatic rings. The van der Waals surface area contributed by atoms with Crippen molar-refractivity contribution in [3.63, 3.8) is 0 Å². The molecule has 0 radical (unpaired) electrons. The van der Waals surface area contributed by atoms with Crippen LogP contribution in [-0.4, -0.2) is 6.21 Å². The number of rotatable bonds is 3. The highest BCUT2D eigenvalue weighted by Crippen LogP contribution is 2.13. The Balaban J connectivity index is 2.12. The molecule has 2 heteroatoms. The summed E-state index contributed by atoms with van der Waals surface area (Å²) in [5.41, 5.74) is 8.94. The van der Waals surface area contributed by atoms with Crippen molar-refractivity contribution in [1.82, 2.24) is 0 Å². The monoisotopic (exact) mass is 238 g/mol. The summed E-state index contributed by atoms with van der Waals surface area (Å²) in [4.78, 5) is 0. The van der Waals surface area contributed by atoms with Crippen molar-refractivity contribution in [2.75, 3.05) is 5.43 Å². The topological polar surface area (TPSA) is 24.4 Å². The van der Waals surface area contributed by atoms with E-state index >= 15 is 0 Å². The van der Waals surface area contributed by atoms with Crippen LogP contribution in [0, 0.1) is 20.8 Å². The van der Waals surface area contributed by atoms with E-state index in [0.29, 0.717) is 0 Å². The molecule has 92 valence electrons. The first-order valence-electron chi connectivity index (χ1n) is 6.09. The molecule has 0 spiro atoms. The van der Waals surface area contributed by atoms with Gasteiger partial charge in [0.25, 0.3) is 0 Å². The smallest absolute Gasteiger partial charge is 0.0590 e. The number of hydrazone groups is 1. The molecule has 2 rings (SSSR count). The summed E-state index contributed by atoms with van der Waals surface area (Å²) in [5, 5.41) is 4.30. The molecule has 0 atom stereocenters. The lowest BCUT2D eigenvalue weighted by molar-refractivity contribution is 1.30. The van der Waals surface area contributed by atoms with E-state index in [1.165, 1.54) is 16.7 Å². The van der Waals surface area contributed by atoms with Crippen LogP contribution < -0.4 is 5.43 Å². The lowest BCUT2D eigenvalue weighted by Gasteiger charge is -2.04. The molecule has 0 saturated heterocycles. The van der Waals surface area contributed by atoms with Crippen LogP contribution in [0.15, 0.2) is 47.6 Å². The van der Waals surface area contributed by atoms with Crippen molar-refractivity contribution < 1.29 is 0 Å². The summed E-state index contributed by atoms with van der Waals surface area (Å²) < 4.78 is 0. The predicted octanol–water partition coefficient (Wildman–Crippen LogP) is 4.06. The summed E-state index contributed by atoms with van der Waals surface area (Å²) >= 11 is 0. The van der Waals surface area contributed by atoms with Gasteiger partial charge in [0, 0.05) is 0 Å². The van der Waals surface area contributed by atoms with Crippen LogP contribution in [0.3, 0.4) is 0 Å². The summed E-state index contributed by atoms with van der Waals surface area (Å²) in [5.74, 6) is 0. The van der Waals surface area contributed by atoms with Gasteiger partial charge in [-0.1, -0.05) is 42.0 Å². The number of nitrogens with zero attached hydrogens (tertiary/aromatic N) is 1. The predicted molar refractivity (Wildman–Crippen MR) is 78.3 cm³/mol. The second kappa shape index (κ2) is 5.50. The second-order valence-corrected chi connectivity index (χ2v) is 4.54. The lowest BCUT2D eigenvalue weighted by Crippen LogP contribution is -1.94. The summed E-state index contributed by atoms with van der Waals surface area (Å²) in [6, 6.07) is 14.5. The SMILES string of the molecule is Cc1ccc(C)c(/C=N\Nc2ccccc2C)c1. The van der Waals surface area contributed by atoms with Crippen molar-refractivity contribution in [3.8, 4) is 0 Å². The fourth-order valence-electron chi connectivity index (χ4n) is 1.77. The van der Waals surface area contributed by atoms with Crippen LogP contribution in [0.1, 0.15) is 22.3 Å². The molecule has 2 aromatic carbocycles. The number of benzene rings is 2. The van der Waals surface area contributed by atoms with Gasteiger partial charge >= 0.3 is 0 Å². The molecule has 0 heterocycles. The van der Waals surface area contributed by atoms with Gasteiger partial charge in [-0.25, -0.2) is 0 Å². The van der Waals surface area contributed by atoms with Crippen LogP contribution in [0.2, 0.25) is 0 Å². The van der Waals surface area contributed by atoms with Gasteiger partial charge in [-0.3, -0.25) is 5.43 Å². The first-order valence-corrected chi connectivity index (χ1v) is 6.09. The average molecular weight is 238 g/mol. The third-order valence-electron chi connectivity index (χ3n) is 2.97. The van der Waals surface area contributed by atoms with Gasteiger partial charge in [-0.15, -0.1) is 0 Å². The lowest BCUT2D eigenvalue weighted by atomic mass is 10.1. The first kappa shape index (κ1) is 12.4. The van der Waals surface area contributed by atoms with E-state index in [1.54, 1.807) is 0 Å². The number of hydrogen-bond donors (Lipinski definition) is 1. The molecule has 0 amide bonds. The molecule has 0 aliphatic carbocycles. The van der Waals surface area contributed by atoms with Gasteiger partial charge in [0.15, 0.2) is 0 Å². The molecule has 0 aromatic heterocycles. The van der Waals surface area contributed by atoms with Gasteiger partial charge in [0.05, 0.1) is 11.9 Å². The van der Waals surface area contributed by atoms with Gasteiger partial charge in [-0.2, -0.15) is 5.10 Å². The Hall–Kier alpha value is -2.09. The van der Waals surface area contributed by atoms with Crippen LogP contribution in [0.5, 0.6) is 0 Å². The largest absolute Gasteiger partial charge is 0.278 e. The zero-order valence-corrected chi connectivity index (χ0v) is 11.1. The normalized spacial score (nSPS) is 10.8. The molecule has 0 saturated carbocycles. The highest BCUT2D eigenvalue weighted by atomic mass is 15.3. The van der Waals surface area contributed by atoms with E-state index in [-0.39, 0.29) is 0 Å². The van der Waals surface area contributed by atoms with Crippen LogP contribution in [-0.2, 0) is 0 Å². The molecule has 18 heavy (non-hydrogen) atoms. The zero-order chi connectivity index (χ0) is 13.0. The van der Waals surface area contributed by atoms with Crippen LogP contribution >= 0.6 is 0 Å². The highest BCUT2D eigenvalue weighted by molar-refractivity contribution is 5.82. The Kier molecular flexibility index (Phi) is 3.78. The number of para-hydroxylation sites is 1. The second-order valence-electron chi connectivity index (χ2n) is 4.54. The van der Waals surface area contributed by atoms with Crippen molar-refractivity contribution in [3.05, 3.63) is 64.7 Å². The molecule has 0 bridgehead atoms. The fourth-order valence-corrected chi connectivity index (χ4v) is 1.77. The fraction of sp³-hybridized carbons (Fsp3) is 0.188. The van der Waals surface area contributed by atoms with Gasteiger partial charge in [-0.05, 0) is 43.5 Å². The molecule has 0 fully saturated rings. The zero-order valence-electron chi connectivity index (χ0n) is 11.1. The van der Waals surface area contributed by atoms with Crippen molar-refractivity contribution in [2.45, 2.75) is 20.8 Å². The third kappa shape index (κ3) is 2.98. The number of nitrogens with one attached hydrogen (secondary N) is 1. The van der Waals surface area contributed by atoms with Crippen molar-refractivity contribution >= 4 is 11.9 Å². The van der Waals surface area contributed by atoms with Crippen molar-refractivity contribution in [1.29, 1.82) is 0 Å². The van der Waals surface area contributed by atoms with Crippen molar-refractivity contribution in [2.24, 2.45) is 5.10 Å². The van der Waals surface area contributed by atoms with E-state index < -0.39 is 0 Å². The van der Waals surface area contributed by atoms with E-state index in [0.717, 1.165) is 11.3 Å². The molecule has 1 N–H and O–H groups in total. The summed E-state index contributed by atoms with van der Waals surface area (Å²) in [6.07, 6.45) is 1.87. The van der Waals surface area contributed by atoms with Gasteiger partial charge in [0.2, 0.25) is 0 Å². The van der Waals surface area contributed by atoms with Gasteiger partial charge in [0.1, 0.15) is 0 Å². The molecule has 2 aromatic rings. The maximum Gasteiger partial charge on any atom is 0.0590 e. The number of aryl methyl sites for hydroxylation is 3. The Labute approximate surface area is 108 Å². The molecule has 2 nitrogen and oxygen atoms in total. The van der Waals surface area contributed by atoms with Crippen LogP contribution in [0.25, 0.3) is 0 Å². The minimum Gasteiger partial charge on any atom is -0.278 e. The number of anilines is 1. The third-order valence-corrected chi connectivity index (χ3v) is 2.97. The molecule has 0 unspecified atom stereocenters. The quantitative estimate of drug-likeness (QED) is 0.633. The van der Waals surface area contributed by atoms with E-state index in [1.807, 2.05) is 24.4 Å². The Morgan fingerprint density at radius 1 is 0.944 bits per heavy atom. The average Bonchev–Trinajstić information content (AvgIpc) is 2.36. The number of hydrogen-bond acceptors (Lipinski definition) is 2. The Morgan fingerprint density at radius 2 is 1.72 bits per heavy atom. The Bertz CT molecular complexity index is 571. The first-order chi connectivity index (χ1) is 8.66. The maximum atomic E-state index is 4.30. The van der Waals surface area contributed by atoms with Crippen LogP contribution in [0.4, 0.5) is 5.69 Å². The van der Waals surface area contributed by atoms with E-state index in [2.05, 4.69) is 55.6 Å². The summed E-state index contributed by atoms with van der Waals surface area (Å²) in [6.45, 7) is 6.25. The molecule has 0 aliphatic heterocycles. The Morgan fingerprint density at radius 3 is 2.50 bits per heavy atom. The molecular formula is C16H18N2.